The Labute approximate surface area is 166 Å². The molecule has 2 aliphatic carbocycles. The fraction of sp³-hybridized carbons (Fsp3) is 0.273. The van der Waals surface area contributed by atoms with Gasteiger partial charge in [0.05, 0.1) is 22.4 Å². The Bertz CT molecular complexity index is 998. The molecule has 0 unspecified atom stereocenters. The first-order valence-corrected chi connectivity index (χ1v) is 9.55. The molecule has 3 aliphatic rings. The number of fused-ring (bicyclic) bond motifs is 5. The molecule has 0 radical (unpaired) electrons. The number of hydrogen-bond acceptors (Lipinski definition) is 5. The number of rotatable bonds is 5. The Morgan fingerprint density at radius 2 is 1.52 bits per heavy atom. The van der Waals surface area contributed by atoms with Crippen LogP contribution in [0, 0.1) is 33.8 Å². The monoisotopic (exact) mass is 390 g/mol. The zero-order valence-corrected chi connectivity index (χ0v) is 15.4. The molecule has 2 fully saturated rings. The van der Waals surface area contributed by atoms with Crippen LogP contribution in [-0.4, -0.2) is 16.7 Å². The standard InChI is InChI=1S/C22H18N2O5/c25-21-19-14-3-4-15(11-14)20(19)22(26)23(21)16-7-9-18(10-8-16)29-12-13-1-5-17(6-2-13)24(27)28/h1-10,14-15,19-20H,11-12H2/t14-,15-,19-,20+/m0/s1. The highest BCUT2D eigenvalue weighted by Gasteiger charge is 2.59. The summed E-state index contributed by atoms with van der Waals surface area (Å²) in [6.07, 6.45) is 5.07. The van der Waals surface area contributed by atoms with Gasteiger partial charge in [-0.15, -0.1) is 0 Å². The van der Waals surface area contributed by atoms with E-state index in [1.807, 2.05) is 0 Å². The first-order valence-electron chi connectivity index (χ1n) is 9.55. The van der Waals surface area contributed by atoms with Crippen LogP contribution < -0.4 is 9.64 Å². The normalized spacial score (nSPS) is 26.8. The second-order valence-electron chi connectivity index (χ2n) is 7.72. The maximum absolute atomic E-state index is 12.9. The summed E-state index contributed by atoms with van der Waals surface area (Å²) in [5, 5.41) is 10.7. The Hall–Kier alpha value is -3.48. The minimum atomic E-state index is -0.444. The number of carbonyl (C=O) groups is 2. The number of ether oxygens (including phenoxy) is 1. The summed E-state index contributed by atoms with van der Waals surface area (Å²) in [6, 6.07) is 13.1. The van der Waals surface area contributed by atoms with Crippen molar-refractivity contribution >= 4 is 23.2 Å². The number of hydrogen-bond donors (Lipinski definition) is 0. The highest BCUT2D eigenvalue weighted by atomic mass is 16.6. The van der Waals surface area contributed by atoms with Crippen LogP contribution in [0.5, 0.6) is 5.75 Å². The topological polar surface area (TPSA) is 89.8 Å². The van der Waals surface area contributed by atoms with E-state index in [4.69, 9.17) is 4.74 Å². The van der Waals surface area contributed by atoms with Crippen LogP contribution in [0.2, 0.25) is 0 Å². The summed E-state index contributed by atoms with van der Waals surface area (Å²) in [5.74, 6) is 0.346. The van der Waals surface area contributed by atoms with Gasteiger partial charge in [0.15, 0.2) is 0 Å². The predicted octanol–water partition coefficient (Wildman–Crippen LogP) is 3.49. The van der Waals surface area contributed by atoms with Crippen LogP contribution in [0.1, 0.15) is 12.0 Å². The number of benzene rings is 2. The molecule has 5 rings (SSSR count). The third kappa shape index (κ3) is 2.81. The van der Waals surface area contributed by atoms with Gasteiger partial charge >= 0.3 is 0 Å². The van der Waals surface area contributed by atoms with E-state index in [0.717, 1.165) is 12.0 Å². The molecule has 1 saturated heterocycles. The Morgan fingerprint density at radius 3 is 2.07 bits per heavy atom. The molecular weight excluding hydrogens is 372 g/mol. The van der Waals surface area contributed by atoms with Crippen molar-refractivity contribution in [2.24, 2.45) is 23.7 Å². The minimum Gasteiger partial charge on any atom is -0.489 e. The highest BCUT2D eigenvalue weighted by Crippen LogP contribution is 2.53. The lowest BCUT2D eigenvalue weighted by Crippen LogP contribution is -2.32. The maximum atomic E-state index is 12.9. The van der Waals surface area contributed by atoms with E-state index in [-0.39, 0.29) is 47.8 Å². The van der Waals surface area contributed by atoms with Crippen LogP contribution >= 0.6 is 0 Å². The van der Waals surface area contributed by atoms with Gasteiger partial charge in [-0.1, -0.05) is 12.2 Å². The van der Waals surface area contributed by atoms with Crippen molar-refractivity contribution < 1.29 is 19.2 Å². The predicted molar refractivity (Wildman–Crippen MR) is 104 cm³/mol. The van der Waals surface area contributed by atoms with Gasteiger partial charge in [0, 0.05) is 12.1 Å². The van der Waals surface area contributed by atoms with Gasteiger partial charge in [0.25, 0.3) is 5.69 Å². The number of allylic oxidation sites excluding steroid dienone is 2. The third-order valence-electron chi connectivity index (χ3n) is 6.12. The quantitative estimate of drug-likeness (QED) is 0.337. The van der Waals surface area contributed by atoms with Gasteiger partial charge in [-0.3, -0.25) is 24.6 Å². The van der Waals surface area contributed by atoms with Crippen LogP contribution in [0.25, 0.3) is 0 Å². The molecule has 1 saturated carbocycles. The van der Waals surface area contributed by atoms with Crippen molar-refractivity contribution in [2.75, 3.05) is 4.90 Å². The zero-order chi connectivity index (χ0) is 20.1. The van der Waals surface area contributed by atoms with Gasteiger partial charge in [-0.05, 0) is 60.2 Å². The van der Waals surface area contributed by atoms with Gasteiger partial charge < -0.3 is 4.74 Å². The summed E-state index contributed by atoms with van der Waals surface area (Å²) in [6.45, 7) is 0.262. The summed E-state index contributed by atoms with van der Waals surface area (Å²) in [4.78, 5) is 37.3. The van der Waals surface area contributed by atoms with Crippen molar-refractivity contribution in [1.29, 1.82) is 0 Å². The second-order valence-corrected chi connectivity index (χ2v) is 7.72. The van der Waals surface area contributed by atoms with Crippen LogP contribution in [0.4, 0.5) is 11.4 Å². The van der Waals surface area contributed by atoms with E-state index in [1.165, 1.54) is 17.0 Å². The second kappa shape index (κ2) is 6.55. The van der Waals surface area contributed by atoms with Crippen LogP contribution in [0.3, 0.4) is 0 Å². The average Bonchev–Trinajstić information content (AvgIpc) is 3.41. The molecule has 0 spiro atoms. The zero-order valence-electron chi connectivity index (χ0n) is 15.4. The average molecular weight is 390 g/mol. The van der Waals surface area contributed by atoms with Crippen molar-refractivity contribution in [3.63, 3.8) is 0 Å². The van der Waals surface area contributed by atoms with Crippen molar-refractivity contribution in [2.45, 2.75) is 13.0 Å². The number of carbonyl (C=O) groups excluding carboxylic acids is 2. The van der Waals surface area contributed by atoms with Crippen LogP contribution in [-0.2, 0) is 16.2 Å². The SMILES string of the molecule is O=C1[C@@H]2[C@H](C(=O)N1c1ccc(OCc3ccc([N+](=O)[O-])cc3)cc1)[C@H]1C=C[C@H]2C1. The van der Waals surface area contributed by atoms with Gasteiger partial charge in [-0.2, -0.15) is 0 Å². The molecule has 146 valence electrons. The largest absolute Gasteiger partial charge is 0.489 e. The maximum Gasteiger partial charge on any atom is 0.269 e. The molecule has 29 heavy (non-hydrogen) atoms. The molecule has 2 aromatic carbocycles. The summed E-state index contributed by atoms with van der Waals surface area (Å²) in [5.41, 5.74) is 1.41. The van der Waals surface area contributed by atoms with Crippen LogP contribution in [0.15, 0.2) is 60.7 Å². The Morgan fingerprint density at radius 1 is 0.931 bits per heavy atom. The first-order chi connectivity index (χ1) is 14.0. The Kier molecular flexibility index (Phi) is 3.97. The van der Waals surface area contributed by atoms with Gasteiger partial charge in [0.2, 0.25) is 11.8 Å². The summed E-state index contributed by atoms with van der Waals surface area (Å²) in [7, 11) is 0. The van der Waals surface area contributed by atoms with E-state index >= 15 is 0 Å². The molecule has 1 aliphatic heterocycles. The van der Waals surface area contributed by atoms with E-state index in [9.17, 15) is 19.7 Å². The van der Waals surface area contributed by atoms with E-state index in [2.05, 4.69) is 12.2 Å². The van der Waals surface area contributed by atoms with Gasteiger partial charge in [0.1, 0.15) is 12.4 Å². The number of amides is 2. The molecule has 0 aromatic heterocycles. The van der Waals surface area contributed by atoms with Crippen molar-refractivity contribution in [3.05, 3.63) is 76.4 Å². The molecular formula is C22H18N2O5. The molecule has 2 aromatic rings. The molecule has 2 bridgehead atoms. The highest BCUT2D eigenvalue weighted by molar-refractivity contribution is 6.22. The molecule has 7 heteroatoms. The number of imide groups is 1. The summed E-state index contributed by atoms with van der Waals surface area (Å²) < 4.78 is 5.71. The van der Waals surface area contributed by atoms with E-state index < -0.39 is 4.92 Å². The lowest BCUT2D eigenvalue weighted by Gasteiger charge is -2.17. The smallest absolute Gasteiger partial charge is 0.269 e. The number of non-ortho nitro benzene ring substituents is 1. The molecule has 0 N–H and O–H groups in total. The Balaban J connectivity index is 1.27. The molecule has 4 atom stereocenters. The molecule has 7 nitrogen and oxygen atoms in total. The lowest BCUT2D eigenvalue weighted by atomic mass is 9.85. The van der Waals surface area contributed by atoms with Crippen molar-refractivity contribution in [1.82, 2.24) is 0 Å². The minimum absolute atomic E-state index is 0.0338. The lowest BCUT2D eigenvalue weighted by molar-refractivity contribution is -0.384. The molecule has 1 heterocycles. The third-order valence-corrected chi connectivity index (χ3v) is 6.12. The van der Waals surface area contributed by atoms with E-state index in [0.29, 0.717) is 11.4 Å². The number of anilines is 1. The van der Waals surface area contributed by atoms with Crippen molar-refractivity contribution in [3.8, 4) is 5.75 Å². The fourth-order valence-corrected chi connectivity index (χ4v) is 4.73. The number of nitrogens with zero attached hydrogens (tertiary/aromatic N) is 2. The summed E-state index contributed by atoms with van der Waals surface area (Å²) >= 11 is 0. The fourth-order valence-electron chi connectivity index (χ4n) is 4.73. The first kappa shape index (κ1) is 17.6. The molecule has 2 amide bonds. The number of nitro benzene ring substituents is 1. The van der Waals surface area contributed by atoms with Gasteiger partial charge in [-0.25, -0.2) is 0 Å². The number of nitro groups is 1. The van der Waals surface area contributed by atoms with E-state index in [1.54, 1.807) is 36.4 Å².